The number of rotatable bonds is 7. The highest BCUT2D eigenvalue weighted by Crippen LogP contribution is 2.59. The molecule has 9 nitrogen and oxygen atoms in total. The molecular formula is C37H43N3O6Si. The molecule has 0 bridgehead atoms. The summed E-state index contributed by atoms with van der Waals surface area (Å²) in [5, 5.41) is 14.6. The Labute approximate surface area is 276 Å². The second-order valence-corrected chi connectivity index (χ2v) is 18.7. The van der Waals surface area contributed by atoms with Crippen LogP contribution in [0.15, 0.2) is 66.7 Å². The summed E-state index contributed by atoms with van der Waals surface area (Å²) < 4.78 is 12.5. The second-order valence-electron chi connectivity index (χ2n) is 14.0. The molecular weight excluding hydrogens is 611 g/mol. The fourth-order valence-corrected chi connectivity index (χ4v) is 12.8. The van der Waals surface area contributed by atoms with Crippen LogP contribution in [0.1, 0.15) is 42.9 Å². The van der Waals surface area contributed by atoms with Crippen LogP contribution < -0.4 is 20.1 Å². The van der Waals surface area contributed by atoms with Crippen LogP contribution in [0, 0.1) is 5.92 Å². The van der Waals surface area contributed by atoms with Crippen LogP contribution in [0.25, 0.3) is 0 Å². The van der Waals surface area contributed by atoms with Gasteiger partial charge in [-0.05, 0) is 59.8 Å². The maximum Gasteiger partial charge on any atom is 0.261 e. The Bertz CT molecular complexity index is 1730. The van der Waals surface area contributed by atoms with Crippen molar-refractivity contribution in [3.8, 4) is 5.75 Å². The zero-order chi connectivity index (χ0) is 33.1. The number of aliphatic hydroxyl groups excluding tert-OH is 1. The van der Waals surface area contributed by atoms with Crippen molar-refractivity contribution in [2.24, 2.45) is 5.92 Å². The minimum Gasteiger partial charge on any atom is -0.497 e. The first-order chi connectivity index (χ1) is 22.6. The van der Waals surface area contributed by atoms with E-state index in [9.17, 15) is 19.5 Å². The zero-order valence-corrected chi connectivity index (χ0v) is 28.5. The molecule has 246 valence electrons. The lowest BCUT2D eigenvalue weighted by Gasteiger charge is -2.39. The summed E-state index contributed by atoms with van der Waals surface area (Å²) in [6.07, 6.45) is 1.44. The molecule has 3 aromatic rings. The van der Waals surface area contributed by atoms with E-state index in [0.29, 0.717) is 31.6 Å². The van der Waals surface area contributed by atoms with Crippen molar-refractivity contribution < 1.29 is 29.0 Å². The van der Waals surface area contributed by atoms with Crippen molar-refractivity contribution in [1.82, 2.24) is 4.90 Å². The van der Waals surface area contributed by atoms with Crippen molar-refractivity contribution in [2.45, 2.75) is 75.5 Å². The number of amides is 3. The monoisotopic (exact) mass is 653 g/mol. The van der Waals surface area contributed by atoms with E-state index in [1.54, 1.807) is 16.9 Å². The highest BCUT2D eigenvalue weighted by atomic mass is 28.3. The largest absolute Gasteiger partial charge is 0.497 e. The molecule has 4 aliphatic heterocycles. The minimum absolute atomic E-state index is 0.0765. The molecule has 3 aromatic carbocycles. The number of carbonyl (C=O) groups is 3. The molecule has 0 aliphatic carbocycles. The SMILES string of the molecule is COc1ccc([Si](C)(C)[C@@H]2[C@@H](CC(=O)N3Cc4ccccc4C[C@H]3CO)O[C@]3(C(=O)Nc4ccc(N5CCCC5=O)cc43)[C@H]2C)cc1. The lowest BCUT2D eigenvalue weighted by Crippen LogP contribution is -2.52. The molecule has 7 rings (SSSR count). The first-order valence-electron chi connectivity index (χ1n) is 16.6. The van der Waals surface area contributed by atoms with Crippen molar-refractivity contribution in [3.05, 3.63) is 83.4 Å². The molecule has 4 heterocycles. The van der Waals surface area contributed by atoms with E-state index < -0.39 is 19.8 Å². The Morgan fingerprint density at radius 2 is 1.83 bits per heavy atom. The molecule has 0 aromatic heterocycles. The van der Waals surface area contributed by atoms with Crippen LogP contribution in [0.5, 0.6) is 5.75 Å². The van der Waals surface area contributed by atoms with Crippen LogP contribution in [0.4, 0.5) is 11.4 Å². The molecule has 2 N–H and O–H groups in total. The molecule has 0 unspecified atom stereocenters. The molecule has 2 fully saturated rings. The van der Waals surface area contributed by atoms with Gasteiger partial charge in [0.15, 0.2) is 5.60 Å². The number of benzene rings is 3. The molecule has 2 saturated heterocycles. The van der Waals surface area contributed by atoms with Gasteiger partial charge in [-0.3, -0.25) is 14.4 Å². The number of hydrogen-bond donors (Lipinski definition) is 2. The maximum atomic E-state index is 14.3. The van der Waals surface area contributed by atoms with Gasteiger partial charge in [-0.2, -0.15) is 0 Å². The predicted molar refractivity (Wildman–Crippen MR) is 182 cm³/mol. The van der Waals surface area contributed by atoms with Crippen LogP contribution >= 0.6 is 0 Å². The minimum atomic E-state index is -2.45. The van der Waals surface area contributed by atoms with E-state index in [2.05, 4.69) is 43.5 Å². The van der Waals surface area contributed by atoms with Crippen LogP contribution in [0.2, 0.25) is 18.6 Å². The first kappa shape index (κ1) is 31.6. The normalized spacial score (nSPS) is 26.8. The summed E-state index contributed by atoms with van der Waals surface area (Å²) in [7, 11) is -0.800. The van der Waals surface area contributed by atoms with Gasteiger partial charge in [0, 0.05) is 42.4 Å². The number of anilines is 2. The average Bonchev–Trinajstić information content (AvgIpc) is 3.73. The number of nitrogens with one attached hydrogen (secondary N) is 1. The van der Waals surface area contributed by atoms with Gasteiger partial charge in [0.1, 0.15) is 5.75 Å². The second kappa shape index (κ2) is 11.9. The van der Waals surface area contributed by atoms with E-state index >= 15 is 0 Å². The fourth-order valence-electron chi connectivity index (χ4n) is 8.74. The van der Waals surface area contributed by atoms with E-state index in [4.69, 9.17) is 9.47 Å². The third-order valence-electron chi connectivity index (χ3n) is 11.2. The Balaban J connectivity index is 1.28. The van der Waals surface area contributed by atoms with Crippen molar-refractivity contribution in [1.29, 1.82) is 0 Å². The molecule has 0 radical (unpaired) electrons. The van der Waals surface area contributed by atoms with Crippen LogP contribution in [-0.4, -0.2) is 68.2 Å². The van der Waals surface area contributed by atoms with Gasteiger partial charge in [0.2, 0.25) is 11.8 Å². The number of nitrogens with zero attached hydrogens (tertiary/aromatic N) is 2. The van der Waals surface area contributed by atoms with Gasteiger partial charge in [0.25, 0.3) is 5.91 Å². The number of ether oxygens (including phenoxy) is 2. The molecule has 5 atom stereocenters. The van der Waals surface area contributed by atoms with Crippen molar-refractivity contribution in [2.75, 3.05) is 30.5 Å². The summed E-state index contributed by atoms with van der Waals surface area (Å²) in [4.78, 5) is 44.8. The van der Waals surface area contributed by atoms with E-state index in [1.165, 1.54) is 5.19 Å². The molecule has 47 heavy (non-hydrogen) atoms. The maximum absolute atomic E-state index is 14.3. The predicted octanol–water partition coefficient (Wildman–Crippen LogP) is 4.33. The van der Waals surface area contributed by atoms with Gasteiger partial charge in [-0.25, -0.2) is 0 Å². The highest BCUT2D eigenvalue weighted by molar-refractivity contribution is 6.91. The van der Waals surface area contributed by atoms with Crippen molar-refractivity contribution in [3.63, 3.8) is 0 Å². The highest BCUT2D eigenvalue weighted by Gasteiger charge is 2.65. The van der Waals surface area contributed by atoms with Gasteiger partial charge >= 0.3 is 0 Å². The molecule has 0 saturated carbocycles. The van der Waals surface area contributed by atoms with Crippen LogP contribution in [-0.2, 0) is 37.7 Å². The lowest BCUT2D eigenvalue weighted by molar-refractivity contribution is -0.149. The molecule has 10 heteroatoms. The van der Waals surface area contributed by atoms with E-state index in [-0.39, 0.29) is 48.3 Å². The number of hydrogen-bond acceptors (Lipinski definition) is 6. The standard InChI is InChI=1S/C37H43N3O6Si/c1-23-35(47(3,4)29-14-12-28(45-2)13-15-29)32(20-34(43)40-21-25-9-6-5-8-24(25)18-27(40)22-41)46-37(23)30-19-26(39-17-7-10-33(39)42)11-16-31(30)38-36(37)44/h5-6,8-9,11-16,19,23,27,32,35,41H,7,10,17-18,20-22H2,1-4H3,(H,38,44)/t23-,27-,32+,35-,37+/m0/s1. The van der Waals surface area contributed by atoms with E-state index in [0.717, 1.165) is 34.5 Å². The van der Waals surface area contributed by atoms with Crippen molar-refractivity contribution >= 4 is 42.4 Å². The Morgan fingerprint density at radius 1 is 1.09 bits per heavy atom. The summed E-state index contributed by atoms with van der Waals surface area (Å²) >= 11 is 0. The summed E-state index contributed by atoms with van der Waals surface area (Å²) in [6.45, 7) is 7.60. The average molecular weight is 654 g/mol. The summed E-state index contributed by atoms with van der Waals surface area (Å²) in [5.74, 6) is 0.251. The molecule has 1 spiro atoms. The summed E-state index contributed by atoms with van der Waals surface area (Å²) in [6, 6.07) is 21.6. The first-order valence-corrected chi connectivity index (χ1v) is 19.7. The quantitative estimate of drug-likeness (QED) is 0.368. The Kier molecular flexibility index (Phi) is 8.01. The topological polar surface area (TPSA) is 108 Å². The Morgan fingerprint density at radius 3 is 2.51 bits per heavy atom. The smallest absolute Gasteiger partial charge is 0.261 e. The van der Waals surface area contributed by atoms with E-state index in [1.807, 2.05) is 48.5 Å². The van der Waals surface area contributed by atoms with Crippen LogP contribution in [0.3, 0.4) is 0 Å². The molecule has 4 aliphatic rings. The fraction of sp³-hybridized carbons (Fsp3) is 0.432. The number of carbonyl (C=O) groups excluding carboxylic acids is 3. The van der Waals surface area contributed by atoms with Gasteiger partial charge in [-0.15, -0.1) is 0 Å². The molecule has 3 amide bonds. The lowest BCUT2D eigenvalue weighted by atomic mass is 9.82. The van der Waals surface area contributed by atoms with Gasteiger partial charge in [0.05, 0.1) is 40.4 Å². The van der Waals surface area contributed by atoms with Gasteiger partial charge < -0.3 is 29.7 Å². The Hall–Kier alpha value is -3.99. The summed E-state index contributed by atoms with van der Waals surface area (Å²) in [5.41, 5.74) is 2.98. The number of aliphatic hydroxyl groups is 1. The van der Waals surface area contributed by atoms with Gasteiger partial charge in [-0.1, -0.05) is 61.6 Å². The number of fused-ring (bicyclic) bond motifs is 3. The third-order valence-corrected chi connectivity index (χ3v) is 15.6. The zero-order valence-electron chi connectivity index (χ0n) is 27.5. The third kappa shape index (κ3) is 5.08. The number of methoxy groups -OCH3 is 1.